The molecule has 3 aromatic rings. The van der Waals surface area contributed by atoms with Gasteiger partial charge in [-0.3, -0.25) is 4.79 Å². The van der Waals surface area contributed by atoms with Gasteiger partial charge in [0.15, 0.2) is 5.82 Å². The van der Waals surface area contributed by atoms with Gasteiger partial charge in [0, 0.05) is 30.5 Å². The van der Waals surface area contributed by atoms with E-state index in [0.717, 1.165) is 11.3 Å². The number of aliphatic hydroxyl groups is 1. The lowest BCUT2D eigenvalue weighted by atomic mass is 9.94. The van der Waals surface area contributed by atoms with Crippen LogP contribution in [0.1, 0.15) is 54.1 Å². The van der Waals surface area contributed by atoms with Crippen LogP contribution in [0.25, 0.3) is 0 Å². The average molecular weight is 377 g/mol. The van der Waals surface area contributed by atoms with Crippen LogP contribution in [0.4, 0.5) is 5.69 Å². The van der Waals surface area contributed by atoms with Crippen LogP contribution in [0.2, 0.25) is 0 Å². The molecule has 1 aliphatic rings. The quantitative estimate of drug-likeness (QED) is 0.733. The number of amides is 1. The van der Waals surface area contributed by atoms with Gasteiger partial charge in [0.2, 0.25) is 5.91 Å². The first-order chi connectivity index (χ1) is 13.5. The van der Waals surface area contributed by atoms with Gasteiger partial charge in [0.05, 0.1) is 0 Å². The summed E-state index contributed by atoms with van der Waals surface area (Å²) in [5.74, 6) is 0.369. The van der Waals surface area contributed by atoms with Gasteiger partial charge in [-0.05, 0) is 24.6 Å². The van der Waals surface area contributed by atoms with Gasteiger partial charge in [0.25, 0.3) is 5.89 Å². The predicted molar refractivity (Wildman–Crippen MR) is 105 cm³/mol. The second-order valence-corrected chi connectivity index (χ2v) is 7.38. The van der Waals surface area contributed by atoms with Crippen LogP contribution in [0.3, 0.4) is 0 Å². The number of aliphatic hydroxyl groups excluding tert-OH is 1. The molecule has 2 aromatic carbocycles. The van der Waals surface area contributed by atoms with Crippen molar-refractivity contribution >= 4 is 11.6 Å². The minimum atomic E-state index is -0.897. The summed E-state index contributed by atoms with van der Waals surface area (Å²) in [6, 6.07) is 17.6. The summed E-state index contributed by atoms with van der Waals surface area (Å²) in [7, 11) is 0. The minimum Gasteiger partial charge on any atom is -0.383 e. The van der Waals surface area contributed by atoms with Gasteiger partial charge in [-0.1, -0.05) is 60.1 Å². The third-order valence-corrected chi connectivity index (χ3v) is 5.35. The monoisotopic (exact) mass is 377 g/mol. The molecule has 6 nitrogen and oxygen atoms in total. The fourth-order valence-corrected chi connectivity index (χ4v) is 3.54. The number of carbonyl (C=O) groups is 1. The number of hydrogen-bond acceptors (Lipinski definition) is 5. The van der Waals surface area contributed by atoms with Crippen LogP contribution in [-0.4, -0.2) is 27.7 Å². The van der Waals surface area contributed by atoms with Crippen molar-refractivity contribution in [2.24, 2.45) is 0 Å². The number of hydrogen-bond donors (Lipinski definition) is 1. The highest BCUT2D eigenvalue weighted by molar-refractivity contribution is 5.96. The van der Waals surface area contributed by atoms with Crippen LogP contribution in [0.5, 0.6) is 0 Å². The van der Waals surface area contributed by atoms with Crippen LogP contribution >= 0.6 is 0 Å². The molecule has 3 unspecified atom stereocenters. The maximum atomic E-state index is 12.4. The number of rotatable bonds is 5. The molecule has 1 fully saturated rings. The first kappa shape index (κ1) is 18.4. The number of carbonyl (C=O) groups excluding carboxylic acids is 1. The molecule has 0 aliphatic carbocycles. The Kier molecular flexibility index (Phi) is 4.96. The van der Waals surface area contributed by atoms with Crippen molar-refractivity contribution < 1.29 is 14.4 Å². The molecule has 0 saturated carbocycles. The summed E-state index contributed by atoms with van der Waals surface area (Å²) >= 11 is 0. The van der Waals surface area contributed by atoms with E-state index >= 15 is 0 Å². The average Bonchev–Trinajstić information content (AvgIpc) is 3.35. The van der Waals surface area contributed by atoms with Gasteiger partial charge in [0.1, 0.15) is 6.10 Å². The molecule has 3 atom stereocenters. The van der Waals surface area contributed by atoms with Crippen molar-refractivity contribution in [3.63, 3.8) is 0 Å². The fourth-order valence-electron chi connectivity index (χ4n) is 3.54. The summed E-state index contributed by atoms with van der Waals surface area (Å²) < 4.78 is 5.34. The van der Waals surface area contributed by atoms with Crippen molar-refractivity contribution in [2.45, 2.75) is 38.2 Å². The Morgan fingerprint density at radius 3 is 2.57 bits per heavy atom. The summed E-state index contributed by atoms with van der Waals surface area (Å²) in [5, 5.41) is 14.7. The van der Waals surface area contributed by atoms with Crippen molar-refractivity contribution in [1.82, 2.24) is 10.1 Å². The van der Waals surface area contributed by atoms with Gasteiger partial charge in [-0.15, -0.1) is 0 Å². The highest BCUT2D eigenvalue weighted by Crippen LogP contribution is 2.33. The molecule has 28 heavy (non-hydrogen) atoms. The molecule has 1 aromatic heterocycles. The van der Waals surface area contributed by atoms with Gasteiger partial charge in [-0.25, -0.2) is 0 Å². The second kappa shape index (κ2) is 7.56. The Bertz CT molecular complexity index is 953. The van der Waals surface area contributed by atoms with Crippen molar-refractivity contribution in [1.29, 1.82) is 0 Å². The third kappa shape index (κ3) is 3.55. The number of benzene rings is 2. The molecule has 1 saturated heterocycles. The van der Waals surface area contributed by atoms with E-state index in [2.05, 4.69) is 10.1 Å². The Morgan fingerprint density at radius 2 is 1.86 bits per heavy atom. The van der Waals surface area contributed by atoms with Gasteiger partial charge in [-0.2, -0.15) is 4.98 Å². The van der Waals surface area contributed by atoms with E-state index in [-0.39, 0.29) is 23.6 Å². The van der Waals surface area contributed by atoms with E-state index in [0.29, 0.717) is 18.8 Å². The lowest BCUT2D eigenvalue weighted by Crippen LogP contribution is -2.24. The zero-order valence-corrected chi connectivity index (χ0v) is 15.9. The summed E-state index contributed by atoms with van der Waals surface area (Å²) in [6.45, 7) is 4.46. The predicted octanol–water partition coefficient (Wildman–Crippen LogP) is 3.74. The van der Waals surface area contributed by atoms with Crippen LogP contribution in [0.15, 0.2) is 59.1 Å². The van der Waals surface area contributed by atoms with E-state index in [1.54, 1.807) is 4.90 Å². The standard InChI is InChI=1S/C22H23N3O3/c1-14-8-10-16(11-9-14)15(2)20(27)22-23-21(24-28-22)17-12-19(26)25(13-17)18-6-4-3-5-7-18/h3-11,15,17,20,27H,12-13H2,1-2H3. The van der Waals surface area contributed by atoms with Gasteiger partial charge < -0.3 is 14.5 Å². The molecule has 1 amide bonds. The minimum absolute atomic E-state index is 0.0381. The molecule has 4 rings (SSSR count). The largest absolute Gasteiger partial charge is 0.383 e. The normalized spacial score (nSPS) is 19.0. The molecule has 0 bridgehead atoms. The Morgan fingerprint density at radius 1 is 1.14 bits per heavy atom. The zero-order valence-electron chi connectivity index (χ0n) is 15.9. The molecular weight excluding hydrogens is 354 g/mol. The zero-order chi connectivity index (χ0) is 19.7. The van der Waals surface area contributed by atoms with Crippen molar-refractivity contribution in [2.75, 3.05) is 11.4 Å². The highest BCUT2D eigenvalue weighted by atomic mass is 16.5. The van der Waals surface area contributed by atoms with E-state index in [4.69, 9.17) is 4.52 Å². The highest BCUT2D eigenvalue weighted by Gasteiger charge is 2.35. The molecule has 0 spiro atoms. The van der Waals surface area contributed by atoms with E-state index < -0.39 is 6.10 Å². The first-order valence-corrected chi connectivity index (χ1v) is 9.46. The molecule has 0 radical (unpaired) electrons. The first-order valence-electron chi connectivity index (χ1n) is 9.46. The maximum absolute atomic E-state index is 12.4. The molecular formula is C22H23N3O3. The van der Waals surface area contributed by atoms with Crippen LogP contribution < -0.4 is 4.90 Å². The topological polar surface area (TPSA) is 79.5 Å². The molecule has 2 heterocycles. The third-order valence-electron chi connectivity index (χ3n) is 5.35. The summed E-state index contributed by atoms with van der Waals surface area (Å²) in [5.41, 5.74) is 3.04. The van der Waals surface area contributed by atoms with Gasteiger partial charge >= 0.3 is 0 Å². The van der Waals surface area contributed by atoms with Crippen molar-refractivity contribution in [3.05, 3.63) is 77.4 Å². The second-order valence-electron chi connectivity index (χ2n) is 7.38. The van der Waals surface area contributed by atoms with Crippen LogP contribution in [-0.2, 0) is 4.79 Å². The molecule has 6 heteroatoms. The summed E-state index contributed by atoms with van der Waals surface area (Å²) in [4.78, 5) is 18.6. The number of para-hydroxylation sites is 1. The SMILES string of the molecule is Cc1ccc(C(C)C(O)c2nc(C3CC(=O)N(c4ccccc4)C3)no2)cc1. The molecule has 1 aliphatic heterocycles. The Labute approximate surface area is 163 Å². The lowest BCUT2D eigenvalue weighted by Gasteiger charge is -2.16. The lowest BCUT2D eigenvalue weighted by molar-refractivity contribution is -0.117. The summed E-state index contributed by atoms with van der Waals surface area (Å²) in [6.07, 6.45) is -0.566. The molecule has 1 N–H and O–H groups in total. The van der Waals surface area contributed by atoms with Crippen molar-refractivity contribution in [3.8, 4) is 0 Å². The number of aryl methyl sites for hydroxylation is 1. The number of anilines is 1. The van der Waals surface area contributed by atoms with E-state index in [1.807, 2.05) is 68.4 Å². The smallest absolute Gasteiger partial charge is 0.256 e. The number of nitrogens with zero attached hydrogens (tertiary/aromatic N) is 3. The maximum Gasteiger partial charge on any atom is 0.256 e. The number of aromatic nitrogens is 2. The Hall–Kier alpha value is -2.99. The van der Waals surface area contributed by atoms with E-state index in [9.17, 15) is 9.90 Å². The Balaban J connectivity index is 1.48. The fraction of sp³-hybridized carbons (Fsp3) is 0.318. The van der Waals surface area contributed by atoms with E-state index in [1.165, 1.54) is 5.56 Å². The molecule has 144 valence electrons. The van der Waals surface area contributed by atoms with Crippen LogP contribution in [0, 0.1) is 6.92 Å².